The molecule has 0 saturated carbocycles. The normalized spacial score (nSPS) is 18.8. The third-order valence-corrected chi connectivity index (χ3v) is 4.13. The van der Waals surface area contributed by atoms with Gasteiger partial charge in [-0.3, -0.25) is 0 Å². The summed E-state index contributed by atoms with van der Waals surface area (Å²) in [6.07, 6.45) is 6.08. The first-order valence-electron chi connectivity index (χ1n) is 6.49. The lowest BCUT2D eigenvalue weighted by atomic mass is 10.3. The second-order valence-electron chi connectivity index (χ2n) is 4.51. The van der Waals surface area contributed by atoms with Crippen molar-refractivity contribution in [2.75, 3.05) is 24.6 Å². The first-order valence-corrected chi connectivity index (χ1v) is 7.64. The lowest BCUT2D eigenvalue weighted by Crippen LogP contribution is -2.53. The Hall–Kier alpha value is -1.70. The smallest absolute Gasteiger partial charge is 0.327 e. The van der Waals surface area contributed by atoms with Gasteiger partial charge in [0.1, 0.15) is 6.04 Å². The fourth-order valence-corrected chi connectivity index (χ4v) is 3.07. The minimum atomic E-state index is -0.939. The zero-order valence-corrected chi connectivity index (χ0v) is 11.9. The maximum atomic E-state index is 12.0. The largest absolute Gasteiger partial charge is 0.480 e. The molecule has 1 fully saturated rings. The second-order valence-corrected chi connectivity index (χ2v) is 5.66. The van der Waals surface area contributed by atoms with Crippen molar-refractivity contribution in [1.82, 2.24) is 19.8 Å². The van der Waals surface area contributed by atoms with Crippen LogP contribution in [-0.2, 0) is 11.3 Å². The van der Waals surface area contributed by atoms with Crippen LogP contribution in [0.3, 0.4) is 0 Å². The highest BCUT2D eigenvalue weighted by molar-refractivity contribution is 7.99. The van der Waals surface area contributed by atoms with E-state index in [1.54, 1.807) is 24.3 Å². The molecular formula is C12H18N4O3S. The van der Waals surface area contributed by atoms with Gasteiger partial charge in [-0.15, -0.1) is 0 Å². The number of hydrogen-bond donors (Lipinski definition) is 2. The maximum Gasteiger partial charge on any atom is 0.327 e. The number of imidazole rings is 1. The van der Waals surface area contributed by atoms with Crippen molar-refractivity contribution in [2.45, 2.75) is 19.0 Å². The van der Waals surface area contributed by atoms with Gasteiger partial charge in [-0.2, -0.15) is 11.8 Å². The predicted octanol–water partition coefficient (Wildman–Crippen LogP) is 0.485. The van der Waals surface area contributed by atoms with Gasteiger partial charge in [-0.1, -0.05) is 0 Å². The summed E-state index contributed by atoms with van der Waals surface area (Å²) in [5.74, 6) is 0.301. The monoisotopic (exact) mass is 298 g/mol. The van der Waals surface area contributed by atoms with Crippen LogP contribution >= 0.6 is 11.8 Å². The summed E-state index contributed by atoms with van der Waals surface area (Å²) in [5, 5.41) is 11.9. The lowest BCUT2D eigenvalue weighted by molar-refractivity contribution is -0.141. The first kappa shape index (κ1) is 14.7. The van der Waals surface area contributed by atoms with E-state index in [4.69, 9.17) is 5.11 Å². The van der Waals surface area contributed by atoms with Gasteiger partial charge in [-0.05, 0) is 6.42 Å². The summed E-state index contributed by atoms with van der Waals surface area (Å²) >= 11 is 1.57. The molecule has 1 atom stereocenters. The molecule has 20 heavy (non-hydrogen) atoms. The Morgan fingerprint density at radius 3 is 3.05 bits per heavy atom. The van der Waals surface area contributed by atoms with E-state index < -0.39 is 12.0 Å². The molecule has 1 aliphatic rings. The maximum absolute atomic E-state index is 12.0. The highest BCUT2D eigenvalue weighted by Gasteiger charge is 2.32. The Morgan fingerprint density at radius 2 is 2.35 bits per heavy atom. The van der Waals surface area contributed by atoms with E-state index in [2.05, 4.69) is 10.3 Å². The standard InChI is InChI=1S/C12H18N4O3S/c17-11(18)10-8-20-7-6-16(10)12(19)14-2-1-4-15-5-3-13-9-15/h3,5,9-10H,1-2,4,6-8H2,(H,14,19)(H,17,18). The molecule has 0 spiro atoms. The zero-order valence-electron chi connectivity index (χ0n) is 11.1. The van der Waals surface area contributed by atoms with Gasteiger partial charge in [0.05, 0.1) is 6.33 Å². The number of carboxylic acid groups (broad SMARTS) is 1. The number of rotatable bonds is 5. The number of thioether (sulfide) groups is 1. The number of carbonyl (C=O) groups excluding carboxylic acids is 1. The number of hydrogen-bond acceptors (Lipinski definition) is 4. The molecule has 1 aliphatic heterocycles. The van der Waals surface area contributed by atoms with Gasteiger partial charge in [0, 0.05) is 43.5 Å². The summed E-state index contributed by atoms with van der Waals surface area (Å²) in [5.41, 5.74) is 0. The van der Waals surface area contributed by atoms with Crippen LogP contribution < -0.4 is 5.32 Å². The van der Waals surface area contributed by atoms with E-state index in [-0.39, 0.29) is 6.03 Å². The quantitative estimate of drug-likeness (QED) is 0.772. The molecule has 2 rings (SSSR count). The minimum absolute atomic E-state index is 0.289. The van der Waals surface area contributed by atoms with Crippen molar-refractivity contribution in [2.24, 2.45) is 0 Å². The van der Waals surface area contributed by atoms with Gasteiger partial charge in [0.15, 0.2) is 0 Å². The van der Waals surface area contributed by atoms with Gasteiger partial charge in [-0.25, -0.2) is 14.6 Å². The Bertz CT molecular complexity index is 452. The molecule has 1 aromatic heterocycles. The Labute approximate surface area is 121 Å². The summed E-state index contributed by atoms with van der Waals surface area (Å²) in [4.78, 5) is 28.5. The van der Waals surface area contributed by atoms with Crippen LogP contribution in [0.25, 0.3) is 0 Å². The SMILES string of the molecule is O=C(O)C1CSCCN1C(=O)NCCCn1ccnc1. The number of carboxylic acids is 1. The topological polar surface area (TPSA) is 87.5 Å². The van der Waals surface area contributed by atoms with Crippen molar-refractivity contribution in [3.05, 3.63) is 18.7 Å². The van der Waals surface area contributed by atoms with Crippen molar-refractivity contribution in [1.29, 1.82) is 0 Å². The van der Waals surface area contributed by atoms with Crippen LogP contribution in [0, 0.1) is 0 Å². The van der Waals surface area contributed by atoms with E-state index in [0.29, 0.717) is 18.8 Å². The number of aromatic nitrogens is 2. The van der Waals surface area contributed by atoms with E-state index in [0.717, 1.165) is 18.7 Å². The van der Waals surface area contributed by atoms with E-state index in [9.17, 15) is 9.59 Å². The molecule has 2 heterocycles. The number of carbonyl (C=O) groups is 2. The first-order chi connectivity index (χ1) is 9.68. The summed E-state index contributed by atoms with van der Waals surface area (Å²) in [6.45, 7) is 1.78. The third-order valence-electron chi connectivity index (χ3n) is 3.10. The molecule has 0 radical (unpaired) electrons. The molecule has 0 aliphatic carbocycles. The molecule has 0 aromatic carbocycles. The molecule has 7 nitrogen and oxygen atoms in total. The van der Waals surface area contributed by atoms with Crippen molar-refractivity contribution in [3.63, 3.8) is 0 Å². The van der Waals surface area contributed by atoms with Crippen LogP contribution in [0.2, 0.25) is 0 Å². The summed E-state index contributed by atoms with van der Waals surface area (Å²) in [7, 11) is 0. The number of amides is 2. The molecule has 2 N–H and O–H groups in total. The molecular weight excluding hydrogens is 280 g/mol. The summed E-state index contributed by atoms with van der Waals surface area (Å²) < 4.78 is 1.93. The highest BCUT2D eigenvalue weighted by Crippen LogP contribution is 2.16. The van der Waals surface area contributed by atoms with Gasteiger partial charge >= 0.3 is 12.0 Å². The molecule has 1 saturated heterocycles. The number of urea groups is 1. The minimum Gasteiger partial charge on any atom is -0.480 e. The average molecular weight is 298 g/mol. The van der Waals surface area contributed by atoms with Crippen LogP contribution in [0.5, 0.6) is 0 Å². The van der Waals surface area contributed by atoms with Gasteiger partial charge < -0.3 is 19.9 Å². The highest BCUT2D eigenvalue weighted by atomic mass is 32.2. The molecule has 0 bridgehead atoms. The van der Waals surface area contributed by atoms with E-state index in [1.165, 1.54) is 4.90 Å². The number of nitrogens with zero attached hydrogens (tertiary/aromatic N) is 3. The van der Waals surface area contributed by atoms with E-state index in [1.807, 2.05) is 10.8 Å². The fourth-order valence-electron chi connectivity index (χ4n) is 2.03. The lowest BCUT2D eigenvalue weighted by Gasteiger charge is -2.32. The van der Waals surface area contributed by atoms with Gasteiger partial charge in [0.2, 0.25) is 0 Å². The number of nitrogens with one attached hydrogen (secondary N) is 1. The Kier molecular flexibility index (Phi) is 5.28. The third kappa shape index (κ3) is 3.89. The van der Waals surface area contributed by atoms with E-state index >= 15 is 0 Å². The van der Waals surface area contributed by atoms with Crippen LogP contribution in [0.15, 0.2) is 18.7 Å². The average Bonchev–Trinajstić information content (AvgIpc) is 2.96. The molecule has 1 unspecified atom stereocenters. The molecule has 8 heteroatoms. The van der Waals surface area contributed by atoms with Crippen molar-refractivity contribution in [3.8, 4) is 0 Å². The Balaban J connectivity index is 1.74. The molecule has 110 valence electrons. The number of aryl methyl sites for hydroxylation is 1. The second kappa shape index (κ2) is 7.18. The van der Waals surface area contributed by atoms with Crippen LogP contribution in [0.4, 0.5) is 4.79 Å². The van der Waals surface area contributed by atoms with Crippen molar-refractivity contribution >= 4 is 23.8 Å². The van der Waals surface area contributed by atoms with Crippen molar-refractivity contribution < 1.29 is 14.7 Å². The van der Waals surface area contributed by atoms with Gasteiger partial charge in [0.25, 0.3) is 0 Å². The Morgan fingerprint density at radius 1 is 1.50 bits per heavy atom. The molecule has 2 amide bonds. The zero-order chi connectivity index (χ0) is 14.4. The molecule has 1 aromatic rings. The fraction of sp³-hybridized carbons (Fsp3) is 0.583. The summed E-state index contributed by atoms with van der Waals surface area (Å²) in [6, 6.07) is -1.01. The van der Waals surface area contributed by atoms with Crippen LogP contribution in [-0.4, -0.2) is 62.2 Å². The number of aliphatic carboxylic acids is 1. The van der Waals surface area contributed by atoms with Crippen LogP contribution in [0.1, 0.15) is 6.42 Å². The predicted molar refractivity (Wildman–Crippen MR) is 75.7 cm³/mol.